The van der Waals surface area contributed by atoms with Crippen LogP contribution in [0, 0.1) is 20.8 Å². The standard InChI is InChI=1S/C21H22N4O/c1-14-6-4-9-17(10-14)11-22-20(26)18-12-23-21(24-13-18)25-19-15(2)7-5-8-16(19)3/h4-10,12-13H,11H2,1-3H3,(H,22,26)(H,23,24,25). The highest BCUT2D eigenvalue weighted by molar-refractivity contribution is 5.93. The van der Waals surface area contributed by atoms with Gasteiger partial charge in [-0.05, 0) is 37.5 Å². The number of nitrogens with zero attached hydrogens (tertiary/aromatic N) is 2. The molecular weight excluding hydrogens is 324 g/mol. The van der Waals surface area contributed by atoms with E-state index in [1.165, 1.54) is 18.0 Å². The Balaban J connectivity index is 1.64. The molecule has 0 saturated carbocycles. The lowest BCUT2D eigenvalue weighted by molar-refractivity contribution is 0.0950. The van der Waals surface area contributed by atoms with Gasteiger partial charge in [-0.3, -0.25) is 4.79 Å². The molecule has 0 aliphatic carbocycles. The lowest BCUT2D eigenvalue weighted by atomic mass is 10.1. The topological polar surface area (TPSA) is 66.9 Å². The first-order valence-corrected chi connectivity index (χ1v) is 8.52. The minimum atomic E-state index is -0.190. The SMILES string of the molecule is Cc1cccc(CNC(=O)c2cnc(Nc3c(C)cccc3C)nc2)c1. The maximum Gasteiger partial charge on any atom is 0.254 e. The third-order valence-electron chi connectivity index (χ3n) is 4.17. The smallest absolute Gasteiger partial charge is 0.254 e. The zero-order chi connectivity index (χ0) is 18.5. The molecular formula is C21H22N4O. The van der Waals surface area contributed by atoms with Crippen LogP contribution in [-0.4, -0.2) is 15.9 Å². The van der Waals surface area contributed by atoms with Gasteiger partial charge in [-0.15, -0.1) is 0 Å². The quantitative estimate of drug-likeness (QED) is 0.731. The zero-order valence-corrected chi connectivity index (χ0v) is 15.2. The predicted molar refractivity (Wildman–Crippen MR) is 104 cm³/mol. The Bertz CT molecular complexity index is 899. The zero-order valence-electron chi connectivity index (χ0n) is 15.2. The van der Waals surface area contributed by atoms with E-state index in [2.05, 4.69) is 20.6 Å². The summed E-state index contributed by atoms with van der Waals surface area (Å²) in [4.78, 5) is 20.8. The number of amides is 1. The van der Waals surface area contributed by atoms with E-state index in [0.717, 1.165) is 22.4 Å². The van der Waals surface area contributed by atoms with Crippen molar-refractivity contribution >= 4 is 17.5 Å². The number of anilines is 2. The molecule has 1 aromatic heterocycles. The first-order valence-electron chi connectivity index (χ1n) is 8.52. The van der Waals surface area contributed by atoms with Crippen molar-refractivity contribution in [2.45, 2.75) is 27.3 Å². The largest absolute Gasteiger partial charge is 0.348 e. The van der Waals surface area contributed by atoms with Crippen LogP contribution in [0.25, 0.3) is 0 Å². The van der Waals surface area contributed by atoms with Crippen LogP contribution in [0.5, 0.6) is 0 Å². The molecule has 0 aliphatic rings. The fraction of sp³-hybridized carbons (Fsp3) is 0.190. The fourth-order valence-electron chi connectivity index (χ4n) is 2.74. The number of rotatable bonds is 5. The molecule has 2 aromatic carbocycles. The van der Waals surface area contributed by atoms with Gasteiger partial charge in [0.25, 0.3) is 5.91 Å². The Morgan fingerprint density at radius 1 is 0.962 bits per heavy atom. The monoisotopic (exact) mass is 346 g/mol. The van der Waals surface area contributed by atoms with Gasteiger partial charge >= 0.3 is 0 Å². The predicted octanol–water partition coefficient (Wildman–Crippen LogP) is 4.08. The van der Waals surface area contributed by atoms with E-state index in [4.69, 9.17) is 0 Å². The second-order valence-electron chi connectivity index (χ2n) is 6.36. The molecule has 0 aliphatic heterocycles. The van der Waals surface area contributed by atoms with E-state index in [1.54, 1.807) is 0 Å². The summed E-state index contributed by atoms with van der Waals surface area (Å²) in [5.74, 6) is 0.280. The Hall–Kier alpha value is -3.21. The minimum absolute atomic E-state index is 0.190. The Kier molecular flexibility index (Phi) is 5.27. The highest BCUT2D eigenvalue weighted by Gasteiger charge is 2.09. The van der Waals surface area contributed by atoms with Gasteiger partial charge in [0.2, 0.25) is 5.95 Å². The van der Waals surface area contributed by atoms with Crippen LogP contribution < -0.4 is 10.6 Å². The summed E-state index contributed by atoms with van der Waals surface area (Å²) in [6, 6.07) is 14.1. The van der Waals surface area contributed by atoms with Gasteiger partial charge in [0.05, 0.1) is 5.56 Å². The van der Waals surface area contributed by atoms with Gasteiger partial charge < -0.3 is 10.6 Å². The van der Waals surface area contributed by atoms with E-state index in [9.17, 15) is 4.79 Å². The van der Waals surface area contributed by atoms with Gasteiger partial charge in [-0.25, -0.2) is 9.97 Å². The maximum absolute atomic E-state index is 12.3. The average Bonchev–Trinajstić information content (AvgIpc) is 2.63. The molecule has 0 saturated heterocycles. The molecule has 1 amide bonds. The first-order chi connectivity index (χ1) is 12.5. The molecule has 3 rings (SSSR count). The van der Waals surface area contributed by atoms with Crippen LogP contribution in [0.15, 0.2) is 54.9 Å². The van der Waals surface area contributed by atoms with Crippen molar-refractivity contribution in [1.82, 2.24) is 15.3 Å². The van der Waals surface area contributed by atoms with Crippen molar-refractivity contribution in [3.8, 4) is 0 Å². The first kappa shape index (κ1) is 17.6. The number of aryl methyl sites for hydroxylation is 3. The summed E-state index contributed by atoms with van der Waals surface area (Å²) in [7, 11) is 0. The molecule has 0 radical (unpaired) electrons. The van der Waals surface area contributed by atoms with E-state index in [1.807, 2.05) is 63.2 Å². The molecule has 0 atom stereocenters. The van der Waals surface area contributed by atoms with Crippen LogP contribution >= 0.6 is 0 Å². The number of carbonyl (C=O) groups is 1. The van der Waals surface area contributed by atoms with Crippen molar-refractivity contribution in [3.05, 3.63) is 82.7 Å². The fourth-order valence-corrected chi connectivity index (χ4v) is 2.74. The summed E-state index contributed by atoms with van der Waals surface area (Å²) in [5.41, 5.74) is 5.89. The van der Waals surface area contributed by atoms with Crippen LogP contribution in [0.1, 0.15) is 32.6 Å². The molecule has 2 N–H and O–H groups in total. The molecule has 0 bridgehead atoms. The van der Waals surface area contributed by atoms with E-state index in [0.29, 0.717) is 18.1 Å². The summed E-state index contributed by atoms with van der Waals surface area (Å²) in [6.45, 7) is 6.56. The average molecular weight is 346 g/mol. The van der Waals surface area contributed by atoms with Crippen LogP contribution in [0.2, 0.25) is 0 Å². The summed E-state index contributed by atoms with van der Waals surface area (Å²) in [6.07, 6.45) is 3.07. The van der Waals surface area contributed by atoms with Gasteiger partial charge in [-0.2, -0.15) is 0 Å². The van der Waals surface area contributed by atoms with Gasteiger partial charge in [0.1, 0.15) is 0 Å². The van der Waals surface area contributed by atoms with Gasteiger partial charge in [0, 0.05) is 24.6 Å². The molecule has 132 valence electrons. The highest BCUT2D eigenvalue weighted by Crippen LogP contribution is 2.22. The van der Waals surface area contributed by atoms with Crippen molar-refractivity contribution in [2.75, 3.05) is 5.32 Å². The molecule has 5 nitrogen and oxygen atoms in total. The third kappa shape index (κ3) is 4.25. The second-order valence-corrected chi connectivity index (χ2v) is 6.36. The van der Waals surface area contributed by atoms with Crippen molar-refractivity contribution in [2.24, 2.45) is 0 Å². The van der Waals surface area contributed by atoms with E-state index in [-0.39, 0.29) is 5.91 Å². The van der Waals surface area contributed by atoms with Crippen LogP contribution in [0.4, 0.5) is 11.6 Å². The number of carbonyl (C=O) groups excluding carboxylic acids is 1. The van der Waals surface area contributed by atoms with Crippen molar-refractivity contribution in [1.29, 1.82) is 0 Å². The molecule has 0 spiro atoms. The Morgan fingerprint density at radius 2 is 1.62 bits per heavy atom. The van der Waals surface area contributed by atoms with Crippen LogP contribution in [-0.2, 0) is 6.54 Å². The summed E-state index contributed by atoms with van der Waals surface area (Å²) < 4.78 is 0. The molecule has 3 aromatic rings. The highest BCUT2D eigenvalue weighted by atomic mass is 16.1. The Labute approximate surface area is 153 Å². The number of hydrogen-bond acceptors (Lipinski definition) is 4. The number of benzene rings is 2. The van der Waals surface area contributed by atoms with E-state index >= 15 is 0 Å². The lowest BCUT2D eigenvalue weighted by Crippen LogP contribution is -2.23. The maximum atomic E-state index is 12.3. The third-order valence-corrected chi connectivity index (χ3v) is 4.17. The number of hydrogen-bond donors (Lipinski definition) is 2. The number of nitrogens with one attached hydrogen (secondary N) is 2. The lowest BCUT2D eigenvalue weighted by Gasteiger charge is -2.11. The van der Waals surface area contributed by atoms with Crippen molar-refractivity contribution in [3.63, 3.8) is 0 Å². The Morgan fingerprint density at radius 3 is 2.27 bits per heavy atom. The van der Waals surface area contributed by atoms with Crippen LogP contribution in [0.3, 0.4) is 0 Å². The number of para-hydroxylation sites is 1. The van der Waals surface area contributed by atoms with Crippen molar-refractivity contribution < 1.29 is 4.79 Å². The van der Waals surface area contributed by atoms with E-state index < -0.39 is 0 Å². The molecule has 1 heterocycles. The summed E-state index contributed by atoms with van der Waals surface area (Å²) in [5, 5.41) is 6.11. The normalized spacial score (nSPS) is 10.4. The summed E-state index contributed by atoms with van der Waals surface area (Å²) >= 11 is 0. The molecule has 0 unspecified atom stereocenters. The van der Waals surface area contributed by atoms with Gasteiger partial charge in [-0.1, -0.05) is 48.0 Å². The van der Waals surface area contributed by atoms with Gasteiger partial charge in [0.15, 0.2) is 0 Å². The molecule has 26 heavy (non-hydrogen) atoms. The second kappa shape index (κ2) is 7.78. The molecule has 5 heteroatoms. The minimum Gasteiger partial charge on any atom is -0.348 e. The molecule has 0 fully saturated rings. The number of aromatic nitrogens is 2.